The van der Waals surface area contributed by atoms with Crippen LogP contribution in [0.25, 0.3) is 33.8 Å². The summed E-state index contributed by atoms with van der Waals surface area (Å²) in [7, 11) is 2.10. The molecule has 7 rings (SSSR count). The van der Waals surface area contributed by atoms with Gasteiger partial charge in [-0.25, -0.2) is 0 Å². The quantitative estimate of drug-likeness (QED) is 0.132. The lowest BCUT2D eigenvalue weighted by Gasteiger charge is -2.25. The zero-order valence-corrected chi connectivity index (χ0v) is 23.3. The molecule has 5 aromatic carbocycles. The summed E-state index contributed by atoms with van der Waals surface area (Å²) in [5.41, 5.74) is 4.92. The van der Waals surface area contributed by atoms with Crippen molar-refractivity contribution in [2.24, 2.45) is 10.2 Å². The van der Waals surface area contributed by atoms with Gasteiger partial charge in [0.25, 0.3) is 0 Å². The predicted octanol–water partition coefficient (Wildman–Crippen LogP) is 7.07. The number of esters is 1. The lowest BCUT2D eigenvalue weighted by atomic mass is 10.1. The molecule has 42 heavy (non-hydrogen) atoms. The van der Waals surface area contributed by atoms with Gasteiger partial charge in [0.15, 0.2) is 0 Å². The van der Waals surface area contributed by atoms with Gasteiger partial charge in [0.2, 0.25) is 0 Å². The van der Waals surface area contributed by atoms with Crippen molar-refractivity contribution in [2.45, 2.75) is 13.0 Å². The summed E-state index contributed by atoms with van der Waals surface area (Å²) in [6, 6.07) is 38.7. The minimum absolute atomic E-state index is 0.0998. The summed E-state index contributed by atoms with van der Waals surface area (Å²) in [6.07, 6.45) is 4.47. The molecule has 6 heteroatoms. The first-order valence-electron chi connectivity index (χ1n) is 13.9. The van der Waals surface area contributed by atoms with E-state index >= 15 is 0 Å². The number of aromatic nitrogens is 1. The van der Waals surface area contributed by atoms with Crippen LogP contribution in [0.5, 0.6) is 5.75 Å². The van der Waals surface area contributed by atoms with Crippen LogP contribution in [0.2, 0.25) is 0 Å². The van der Waals surface area contributed by atoms with Crippen molar-refractivity contribution in [3.8, 4) is 5.75 Å². The molecule has 6 nitrogen and oxygen atoms in total. The van der Waals surface area contributed by atoms with Gasteiger partial charge in [-0.1, -0.05) is 78.9 Å². The molecule has 0 aliphatic carbocycles. The van der Waals surface area contributed by atoms with Gasteiger partial charge >= 0.3 is 5.97 Å². The highest BCUT2D eigenvalue weighted by Gasteiger charge is 2.25. The normalized spacial score (nSPS) is 15.0. The Bertz CT molecular complexity index is 2110. The minimum Gasteiger partial charge on any atom is -0.427 e. The molecular formula is C36H28N4O2. The van der Waals surface area contributed by atoms with Crippen molar-refractivity contribution in [1.82, 2.24) is 4.68 Å². The van der Waals surface area contributed by atoms with Crippen LogP contribution >= 0.6 is 0 Å². The van der Waals surface area contributed by atoms with E-state index in [0.29, 0.717) is 5.75 Å². The number of ether oxygens (including phenoxy) is 1. The number of fused-ring (bicyclic) bond motifs is 4. The average Bonchev–Trinajstić information content (AvgIpc) is 3.50. The van der Waals surface area contributed by atoms with Crippen molar-refractivity contribution >= 4 is 51.2 Å². The van der Waals surface area contributed by atoms with Gasteiger partial charge < -0.3 is 9.75 Å². The molecule has 204 valence electrons. The zero-order valence-electron chi connectivity index (χ0n) is 23.3. The average molecular weight is 549 g/mol. The summed E-state index contributed by atoms with van der Waals surface area (Å²) < 4.78 is 7.68. The molecule has 1 atom stereocenters. The smallest absolute Gasteiger partial charge is 0.308 e. The largest absolute Gasteiger partial charge is 0.427 e. The van der Waals surface area contributed by atoms with Crippen LogP contribution in [0.1, 0.15) is 24.1 Å². The number of azo groups is 1. The Morgan fingerprint density at radius 2 is 1.57 bits per heavy atom. The number of carbonyl (C=O) groups excluding carboxylic acids is 1. The van der Waals surface area contributed by atoms with Gasteiger partial charge in [-0.15, -0.1) is 5.11 Å². The fourth-order valence-electron chi connectivity index (χ4n) is 5.73. The van der Waals surface area contributed by atoms with Crippen LogP contribution < -0.4 is 20.3 Å². The molecule has 1 aliphatic rings. The van der Waals surface area contributed by atoms with E-state index in [1.165, 1.54) is 12.5 Å². The van der Waals surface area contributed by atoms with Gasteiger partial charge in [-0.05, 0) is 65.1 Å². The predicted molar refractivity (Wildman–Crippen MR) is 168 cm³/mol. The Kier molecular flexibility index (Phi) is 6.36. The summed E-state index contributed by atoms with van der Waals surface area (Å²) in [5, 5.41) is 16.7. The maximum atomic E-state index is 11.7. The second-order valence-electron chi connectivity index (χ2n) is 10.4. The third-order valence-electron chi connectivity index (χ3n) is 7.67. The number of hydrogen-bond acceptors (Lipinski definition) is 5. The maximum absolute atomic E-state index is 11.7. The lowest BCUT2D eigenvalue weighted by molar-refractivity contribution is -0.131. The Balaban J connectivity index is 1.30. The Labute approximate surface area is 243 Å². The van der Waals surface area contributed by atoms with Crippen molar-refractivity contribution in [3.63, 3.8) is 0 Å². The second kappa shape index (κ2) is 10.5. The van der Waals surface area contributed by atoms with Gasteiger partial charge in [0.05, 0.1) is 28.3 Å². The summed E-state index contributed by atoms with van der Waals surface area (Å²) in [4.78, 5) is 11.7. The molecule has 0 saturated carbocycles. The Morgan fingerprint density at radius 1 is 0.810 bits per heavy atom. The van der Waals surface area contributed by atoms with E-state index in [2.05, 4.69) is 93.7 Å². The van der Waals surface area contributed by atoms with E-state index in [1.807, 2.05) is 60.7 Å². The molecule has 2 heterocycles. The summed E-state index contributed by atoms with van der Waals surface area (Å²) in [6.45, 7) is 1.42. The van der Waals surface area contributed by atoms with Crippen LogP contribution in [-0.2, 0) is 4.79 Å². The fourth-order valence-corrected chi connectivity index (χ4v) is 5.73. The SMILES string of the molecule is CC(=O)Oc1ccc2c(c1)/c(=C/c1ccc(/N=N/c3cccc4ccccc34)cc1)c1n2N(C)C(c2ccccc2)C=1. The van der Waals surface area contributed by atoms with Gasteiger partial charge in [0, 0.05) is 30.0 Å². The molecule has 1 aromatic heterocycles. The van der Waals surface area contributed by atoms with E-state index < -0.39 is 0 Å². The van der Waals surface area contributed by atoms with E-state index in [0.717, 1.165) is 49.2 Å². The van der Waals surface area contributed by atoms with Gasteiger partial charge in [-0.2, -0.15) is 5.11 Å². The molecular weight excluding hydrogens is 520 g/mol. The molecule has 0 fully saturated rings. The number of rotatable bonds is 5. The molecule has 0 radical (unpaired) electrons. The summed E-state index contributed by atoms with van der Waals surface area (Å²) in [5.74, 6) is 0.188. The number of nitrogens with zero attached hydrogens (tertiary/aromatic N) is 4. The molecule has 0 amide bonds. The number of hydrogen-bond donors (Lipinski definition) is 0. The highest BCUT2D eigenvalue weighted by molar-refractivity contribution is 5.92. The second-order valence-corrected chi connectivity index (χ2v) is 10.4. The maximum Gasteiger partial charge on any atom is 0.308 e. The van der Waals surface area contributed by atoms with Gasteiger partial charge in [-0.3, -0.25) is 9.47 Å². The lowest BCUT2D eigenvalue weighted by Crippen LogP contribution is -2.35. The van der Waals surface area contributed by atoms with Crippen LogP contribution in [0.15, 0.2) is 125 Å². The Hall–Kier alpha value is -5.49. The van der Waals surface area contributed by atoms with E-state index in [-0.39, 0.29) is 12.0 Å². The molecule has 0 spiro atoms. The van der Waals surface area contributed by atoms with Crippen molar-refractivity contribution in [1.29, 1.82) is 0 Å². The van der Waals surface area contributed by atoms with Crippen LogP contribution in [0.3, 0.4) is 0 Å². The van der Waals surface area contributed by atoms with Crippen LogP contribution in [0.4, 0.5) is 11.4 Å². The van der Waals surface area contributed by atoms with E-state index in [9.17, 15) is 4.79 Å². The first-order chi connectivity index (χ1) is 20.5. The summed E-state index contributed by atoms with van der Waals surface area (Å²) >= 11 is 0. The number of benzene rings is 5. The minimum atomic E-state index is -0.340. The molecule has 1 aliphatic heterocycles. The number of carbonyl (C=O) groups is 1. The third-order valence-corrected chi connectivity index (χ3v) is 7.67. The highest BCUT2D eigenvalue weighted by Crippen LogP contribution is 2.29. The molecule has 0 N–H and O–H groups in total. The third kappa shape index (κ3) is 4.63. The fraction of sp³-hybridized carbons (Fsp3) is 0.0833. The highest BCUT2D eigenvalue weighted by atomic mass is 16.5. The van der Waals surface area contributed by atoms with Crippen molar-refractivity contribution < 1.29 is 9.53 Å². The molecule has 6 aromatic rings. The monoisotopic (exact) mass is 548 g/mol. The molecule has 0 bridgehead atoms. The molecule has 1 unspecified atom stereocenters. The van der Waals surface area contributed by atoms with E-state index in [1.54, 1.807) is 0 Å². The molecule has 0 saturated heterocycles. The van der Waals surface area contributed by atoms with E-state index in [4.69, 9.17) is 4.74 Å². The zero-order chi connectivity index (χ0) is 28.6. The van der Waals surface area contributed by atoms with Crippen molar-refractivity contribution in [2.75, 3.05) is 12.1 Å². The Morgan fingerprint density at radius 3 is 2.38 bits per heavy atom. The van der Waals surface area contributed by atoms with Crippen molar-refractivity contribution in [3.05, 3.63) is 137 Å². The topological polar surface area (TPSA) is 59.2 Å². The van der Waals surface area contributed by atoms with Crippen LogP contribution in [0, 0.1) is 0 Å². The van der Waals surface area contributed by atoms with Gasteiger partial charge in [0.1, 0.15) is 5.75 Å². The van der Waals surface area contributed by atoms with Crippen LogP contribution in [-0.4, -0.2) is 17.7 Å². The standard InChI is InChI=1S/C36H28N4O2/c1-24(41)42-29-19-20-34-32(22-29)31(36-23-35(39(2)40(34)36)27-10-4-3-5-11-27)21-25-15-17-28(18-16-25)37-38-33-14-8-12-26-9-6-7-13-30(26)33/h3-23,35H,1-2H3/b31-21-,38-37+. The first-order valence-corrected chi connectivity index (χ1v) is 13.9. The first kappa shape index (κ1) is 25.5.